The summed E-state index contributed by atoms with van der Waals surface area (Å²) in [5.41, 5.74) is 13.8. The third-order valence-electron chi connectivity index (χ3n) is 5.36. The van der Waals surface area contributed by atoms with E-state index in [2.05, 4.69) is 69.8 Å². The SMILES string of the molecule is NCCNCCNCc1c2ccccc2c(CNCCNCCN)c2ccccc12. The lowest BCUT2D eigenvalue weighted by molar-refractivity contribution is 0.615. The van der Waals surface area contributed by atoms with E-state index in [0.717, 1.165) is 52.4 Å². The van der Waals surface area contributed by atoms with E-state index in [1.165, 1.54) is 32.7 Å². The summed E-state index contributed by atoms with van der Waals surface area (Å²) < 4.78 is 0. The van der Waals surface area contributed by atoms with Crippen LogP contribution in [0.3, 0.4) is 0 Å². The lowest BCUT2D eigenvalue weighted by Gasteiger charge is -2.18. The van der Waals surface area contributed by atoms with Crippen molar-refractivity contribution in [2.24, 2.45) is 11.5 Å². The summed E-state index contributed by atoms with van der Waals surface area (Å²) in [6.07, 6.45) is 0. The molecule has 0 spiro atoms. The fourth-order valence-corrected chi connectivity index (χ4v) is 3.92. The van der Waals surface area contributed by atoms with Crippen LogP contribution in [0.15, 0.2) is 48.5 Å². The van der Waals surface area contributed by atoms with E-state index >= 15 is 0 Å². The van der Waals surface area contributed by atoms with Gasteiger partial charge in [0.1, 0.15) is 0 Å². The molecule has 8 N–H and O–H groups in total. The Hall–Kier alpha value is -2.06. The van der Waals surface area contributed by atoms with Crippen molar-refractivity contribution in [1.82, 2.24) is 21.3 Å². The molecule has 0 radical (unpaired) electrons. The van der Waals surface area contributed by atoms with Crippen LogP contribution in [0.4, 0.5) is 0 Å². The Labute approximate surface area is 179 Å². The van der Waals surface area contributed by atoms with Crippen molar-refractivity contribution in [1.29, 1.82) is 0 Å². The maximum Gasteiger partial charge on any atom is 0.0218 e. The van der Waals surface area contributed by atoms with Crippen LogP contribution < -0.4 is 32.7 Å². The summed E-state index contributed by atoms with van der Waals surface area (Å²) in [4.78, 5) is 0. The van der Waals surface area contributed by atoms with Gasteiger partial charge in [-0.3, -0.25) is 0 Å². The van der Waals surface area contributed by atoms with Gasteiger partial charge in [-0.15, -0.1) is 0 Å². The third kappa shape index (κ3) is 5.98. The molecule has 0 aliphatic rings. The molecule has 3 rings (SSSR count). The van der Waals surface area contributed by atoms with Crippen molar-refractivity contribution in [2.75, 3.05) is 52.4 Å². The second-order valence-corrected chi connectivity index (χ2v) is 7.48. The number of rotatable bonds is 14. The van der Waals surface area contributed by atoms with Crippen molar-refractivity contribution in [3.63, 3.8) is 0 Å². The van der Waals surface area contributed by atoms with Gasteiger partial charge in [-0.05, 0) is 32.7 Å². The van der Waals surface area contributed by atoms with Crippen LogP contribution in [0.25, 0.3) is 21.5 Å². The molecule has 0 aliphatic heterocycles. The highest BCUT2D eigenvalue weighted by Gasteiger charge is 2.13. The van der Waals surface area contributed by atoms with E-state index in [0.29, 0.717) is 13.1 Å². The first-order chi connectivity index (χ1) is 14.9. The normalized spacial score (nSPS) is 11.5. The zero-order valence-corrected chi connectivity index (χ0v) is 17.8. The highest BCUT2D eigenvalue weighted by atomic mass is 15.0. The molecular formula is C24H36N6. The lowest BCUT2D eigenvalue weighted by Crippen LogP contribution is -2.30. The summed E-state index contributed by atoms with van der Waals surface area (Å²) in [7, 11) is 0. The largest absolute Gasteiger partial charge is 0.329 e. The first-order valence-electron chi connectivity index (χ1n) is 11.0. The molecule has 0 bridgehead atoms. The van der Waals surface area contributed by atoms with Crippen molar-refractivity contribution >= 4 is 21.5 Å². The van der Waals surface area contributed by atoms with Crippen LogP contribution in [0.2, 0.25) is 0 Å². The lowest BCUT2D eigenvalue weighted by atomic mass is 9.91. The summed E-state index contributed by atoms with van der Waals surface area (Å²) >= 11 is 0. The Bertz CT molecular complexity index is 780. The summed E-state index contributed by atoms with van der Waals surface area (Å²) in [6.45, 7) is 8.45. The third-order valence-corrected chi connectivity index (χ3v) is 5.36. The molecule has 0 aromatic heterocycles. The Morgan fingerprint density at radius 2 is 0.800 bits per heavy atom. The zero-order valence-electron chi connectivity index (χ0n) is 17.8. The molecule has 0 unspecified atom stereocenters. The summed E-state index contributed by atoms with van der Waals surface area (Å²) in [5, 5.41) is 19.2. The number of benzene rings is 3. The van der Waals surface area contributed by atoms with Gasteiger partial charge < -0.3 is 32.7 Å². The van der Waals surface area contributed by atoms with Gasteiger partial charge in [0.15, 0.2) is 0 Å². The number of hydrogen-bond acceptors (Lipinski definition) is 6. The fourth-order valence-electron chi connectivity index (χ4n) is 3.92. The van der Waals surface area contributed by atoms with Gasteiger partial charge in [-0.2, -0.15) is 0 Å². The average molecular weight is 409 g/mol. The summed E-state index contributed by atoms with van der Waals surface area (Å²) in [6, 6.07) is 17.5. The molecule has 0 atom stereocenters. The van der Waals surface area contributed by atoms with Crippen LogP contribution in [-0.2, 0) is 13.1 Å². The van der Waals surface area contributed by atoms with E-state index < -0.39 is 0 Å². The quantitative estimate of drug-likeness (QED) is 0.177. The molecule has 0 fully saturated rings. The number of nitrogens with two attached hydrogens (primary N) is 2. The van der Waals surface area contributed by atoms with Crippen molar-refractivity contribution in [3.8, 4) is 0 Å². The van der Waals surface area contributed by atoms with Gasteiger partial charge in [0.2, 0.25) is 0 Å². The molecule has 0 saturated carbocycles. The molecule has 0 aliphatic carbocycles. The number of nitrogens with one attached hydrogen (secondary N) is 4. The molecule has 0 amide bonds. The topological polar surface area (TPSA) is 100 Å². The molecular weight excluding hydrogens is 372 g/mol. The Balaban J connectivity index is 1.81. The minimum Gasteiger partial charge on any atom is -0.329 e. The standard InChI is InChI=1S/C24H36N6/c25-9-11-27-13-15-29-17-23-19-5-1-2-6-20(19)24(18-30-16-14-28-12-10-26)22-8-4-3-7-21(22)23/h1-8,27-30H,9-18,25-26H2. The van der Waals surface area contributed by atoms with Gasteiger partial charge in [0.25, 0.3) is 0 Å². The first-order valence-corrected chi connectivity index (χ1v) is 11.0. The van der Waals surface area contributed by atoms with Crippen LogP contribution >= 0.6 is 0 Å². The second-order valence-electron chi connectivity index (χ2n) is 7.48. The van der Waals surface area contributed by atoms with Crippen molar-refractivity contribution in [2.45, 2.75) is 13.1 Å². The van der Waals surface area contributed by atoms with Crippen molar-refractivity contribution in [3.05, 3.63) is 59.7 Å². The van der Waals surface area contributed by atoms with Gasteiger partial charge in [0.05, 0.1) is 0 Å². The van der Waals surface area contributed by atoms with E-state index in [9.17, 15) is 0 Å². The zero-order chi connectivity index (χ0) is 21.0. The van der Waals surface area contributed by atoms with Crippen molar-refractivity contribution < 1.29 is 0 Å². The first kappa shape index (κ1) is 22.6. The molecule has 0 heterocycles. The minimum atomic E-state index is 0.674. The molecule has 6 nitrogen and oxygen atoms in total. The maximum absolute atomic E-state index is 5.54. The van der Waals surface area contributed by atoms with E-state index in [1.54, 1.807) is 0 Å². The van der Waals surface area contributed by atoms with E-state index in [4.69, 9.17) is 11.5 Å². The summed E-state index contributed by atoms with van der Waals surface area (Å²) in [5.74, 6) is 0. The van der Waals surface area contributed by atoms with E-state index in [1.807, 2.05) is 0 Å². The van der Waals surface area contributed by atoms with E-state index in [-0.39, 0.29) is 0 Å². The maximum atomic E-state index is 5.54. The Morgan fingerprint density at radius 1 is 0.467 bits per heavy atom. The fraction of sp³-hybridized carbons (Fsp3) is 0.417. The highest BCUT2D eigenvalue weighted by molar-refractivity contribution is 6.05. The predicted molar refractivity (Wildman–Crippen MR) is 129 cm³/mol. The van der Waals surface area contributed by atoms with Crippen LogP contribution in [0, 0.1) is 0 Å². The van der Waals surface area contributed by atoms with Gasteiger partial charge >= 0.3 is 0 Å². The highest BCUT2D eigenvalue weighted by Crippen LogP contribution is 2.32. The van der Waals surface area contributed by atoms with Crippen LogP contribution in [0.1, 0.15) is 11.1 Å². The van der Waals surface area contributed by atoms with Gasteiger partial charge in [-0.25, -0.2) is 0 Å². The monoisotopic (exact) mass is 408 g/mol. The van der Waals surface area contributed by atoms with Gasteiger partial charge in [0, 0.05) is 65.4 Å². The van der Waals surface area contributed by atoms with Gasteiger partial charge in [-0.1, -0.05) is 48.5 Å². The molecule has 3 aromatic rings. The molecule has 162 valence electrons. The second kappa shape index (κ2) is 12.6. The molecule has 0 saturated heterocycles. The minimum absolute atomic E-state index is 0.674. The van der Waals surface area contributed by atoms with Crippen LogP contribution in [-0.4, -0.2) is 52.4 Å². The molecule has 6 heteroatoms. The predicted octanol–water partition coefficient (Wildman–Crippen LogP) is 1.27. The molecule has 30 heavy (non-hydrogen) atoms. The molecule has 3 aromatic carbocycles. The average Bonchev–Trinajstić information content (AvgIpc) is 2.79. The number of fused-ring (bicyclic) bond motifs is 2. The number of hydrogen-bond donors (Lipinski definition) is 6. The smallest absolute Gasteiger partial charge is 0.0218 e. The Morgan fingerprint density at radius 3 is 1.13 bits per heavy atom. The Kier molecular flexibility index (Phi) is 9.50. The van der Waals surface area contributed by atoms with Crippen LogP contribution in [0.5, 0.6) is 0 Å².